The van der Waals surface area contributed by atoms with E-state index in [0.29, 0.717) is 44.1 Å². The Bertz CT molecular complexity index is 890. The van der Waals surface area contributed by atoms with Gasteiger partial charge in [-0.1, -0.05) is 18.2 Å². The third-order valence-electron chi connectivity index (χ3n) is 5.22. The number of morpholine rings is 1. The van der Waals surface area contributed by atoms with Gasteiger partial charge in [-0.05, 0) is 25.3 Å². The van der Waals surface area contributed by atoms with Crippen LogP contribution in [0.2, 0.25) is 0 Å². The fourth-order valence-corrected chi connectivity index (χ4v) is 3.70. The van der Waals surface area contributed by atoms with Crippen LogP contribution in [0, 0.1) is 5.82 Å². The average molecular weight is 386 g/mol. The quantitative estimate of drug-likeness (QED) is 0.869. The SMILES string of the molecule is O=C(NCc1ccccc1F)c1nc(C(=O)N2CCOCC2)c2n1CCCC2. The lowest BCUT2D eigenvalue weighted by atomic mass is 10.1. The first-order chi connectivity index (χ1) is 13.6. The van der Waals surface area contributed by atoms with Crippen LogP contribution in [0.15, 0.2) is 24.3 Å². The number of hydrogen-bond acceptors (Lipinski definition) is 4. The van der Waals surface area contributed by atoms with Crippen LogP contribution in [0.5, 0.6) is 0 Å². The molecule has 0 aliphatic carbocycles. The molecule has 148 valence electrons. The summed E-state index contributed by atoms with van der Waals surface area (Å²) in [5, 5.41) is 2.73. The smallest absolute Gasteiger partial charge is 0.287 e. The van der Waals surface area contributed by atoms with Crippen molar-refractivity contribution in [1.29, 1.82) is 0 Å². The van der Waals surface area contributed by atoms with Crippen LogP contribution >= 0.6 is 0 Å². The van der Waals surface area contributed by atoms with Gasteiger partial charge in [-0.2, -0.15) is 0 Å². The Morgan fingerprint density at radius 3 is 2.71 bits per heavy atom. The molecular weight excluding hydrogens is 363 g/mol. The van der Waals surface area contributed by atoms with Gasteiger partial charge >= 0.3 is 0 Å². The zero-order valence-corrected chi connectivity index (χ0v) is 15.6. The van der Waals surface area contributed by atoms with E-state index in [1.54, 1.807) is 23.1 Å². The lowest BCUT2D eigenvalue weighted by molar-refractivity contribution is 0.0298. The molecule has 2 aromatic rings. The van der Waals surface area contributed by atoms with Crippen LogP contribution < -0.4 is 5.32 Å². The van der Waals surface area contributed by atoms with E-state index in [2.05, 4.69) is 10.3 Å². The number of amides is 2. The lowest BCUT2D eigenvalue weighted by Crippen LogP contribution is -2.41. The highest BCUT2D eigenvalue weighted by molar-refractivity contribution is 5.97. The van der Waals surface area contributed by atoms with Crippen molar-refractivity contribution in [3.63, 3.8) is 0 Å². The Balaban J connectivity index is 1.56. The van der Waals surface area contributed by atoms with Crippen molar-refractivity contribution in [2.75, 3.05) is 26.3 Å². The number of nitrogens with one attached hydrogen (secondary N) is 1. The van der Waals surface area contributed by atoms with Crippen LogP contribution in [0.1, 0.15) is 45.2 Å². The first kappa shape index (κ1) is 18.6. The number of aromatic nitrogens is 2. The first-order valence-corrected chi connectivity index (χ1v) is 9.63. The van der Waals surface area contributed by atoms with E-state index in [1.807, 2.05) is 4.57 Å². The predicted molar refractivity (Wildman–Crippen MR) is 99.5 cm³/mol. The second kappa shape index (κ2) is 8.10. The van der Waals surface area contributed by atoms with Crippen LogP contribution in [-0.4, -0.2) is 52.6 Å². The predicted octanol–water partition coefficient (Wildman–Crippen LogP) is 1.76. The molecule has 0 bridgehead atoms. The second-order valence-corrected chi connectivity index (χ2v) is 7.02. The Morgan fingerprint density at radius 2 is 1.93 bits per heavy atom. The van der Waals surface area contributed by atoms with Gasteiger partial charge in [0.25, 0.3) is 11.8 Å². The summed E-state index contributed by atoms with van der Waals surface area (Å²) >= 11 is 0. The number of imidazole rings is 1. The van der Waals surface area contributed by atoms with Gasteiger partial charge in [-0.15, -0.1) is 0 Å². The number of hydrogen-bond donors (Lipinski definition) is 1. The average Bonchev–Trinajstić information content (AvgIpc) is 3.13. The number of halogens is 1. The summed E-state index contributed by atoms with van der Waals surface area (Å²) in [5.74, 6) is -0.687. The molecule has 4 rings (SSSR count). The molecule has 1 aromatic carbocycles. The molecule has 1 N–H and O–H groups in total. The Kier molecular flexibility index (Phi) is 5.38. The summed E-state index contributed by atoms with van der Waals surface area (Å²) in [4.78, 5) is 31.8. The minimum Gasteiger partial charge on any atom is -0.378 e. The maximum absolute atomic E-state index is 13.8. The monoisotopic (exact) mass is 386 g/mol. The number of carbonyl (C=O) groups excluding carboxylic acids is 2. The van der Waals surface area contributed by atoms with Gasteiger partial charge in [0.2, 0.25) is 0 Å². The highest BCUT2D eigenvalue weighted by Crippen LogP contribution is 2.23. The fraction of sp³-hybridized carbons (Fsp3) is 0.450. The maximum Gasteiger partial charge on any atom is 0.287 e. The van der Waals surface area contributed by atoms with Gasteiger partial charge in [0.05, 0.1) is 18.9 Å². The number of nitrogens with zero attached hydrogens (tertiary/aromatic N) is 3. The second-order valence-electron chi connectivity index (χ2n) is 7.02. The number of carbonyl (C=O) groups is 2. The summed E-state index contributed by atoms with van der Waals surface area (Å²) < 4.78 is 21.0. The normalized spacial score (nSPS) is 16.5. The number of rotatable bonds is 4. The molecule has 0 atom stereocenters. The Morgan fingerprint density at radius 1 is 1.14 bits per heavy atom. The summed E-state index contributed by atoms with van der Waals surface area (Å²) in [6, 6.07) is 6.32. The molecular formula is C20H23FN4O3. The number of ether oxygens (including phenoxy) is 1. The van der Waals surface area contributed by atoms with Gasteiger partial charge in [-0.3, -0.25) is 9.59 Å². The summed E-state index contributed by atoms with van der Waals surface area (Å²) in [7, 11) is 0. The maximum atomic E-state index is 13.8. The molecule has 0 spiro atoms. The van der Waals surface area contributed by atoms with Gasteiger partial charge in [0.1, 0.15) is 11.5 Å². The Hall–Kier alpha value is -2.74. The molecule has 2 aliphatic heterocycles. The minimum absolute atomic E-state index is 0.0699. The van der Waals surface area contributed by atoms with E-state index in [9.17, 15) is 14.0 Å². The molecule has 0 saturated carbocycles. The minimum atomic E-state index is -0.396. The van der Waals surface area contributed by atoms with Crippen LogP contribution in [-0.2, 0) is 24.2 Å². The third kappa shape index (κ3) is 3.64. The molecule has 0 unspecified atom stereocenters. The molecule has 1 aromatic heterocycles. The highest BCUT2D eigenvalue weighted by atomic mass is 19.1. The van der Waals surface area contributed by atoms with Gasteiger partial charge in [0.15, 0.2) is 5.82 Å². The zero-order valence-electron chi connectivity index (χ0n) is 15.6. The van der Waals surface area contributed by atoms with Crippen molar-refractivity contribution in [2.24, 2.45) is 0 Å². The van der Waals surface area contributed by atoms with Crippen LogP contribution in [0.3, 0.4) is 0 Å². The summed E-state index contributed by atoms with van der Waals surface area (Å²) in [6.45, 7) is 2.80. The van der Waals surface area contributed by atoms with Crippen molar-refractivity contribution in [1.82, 2.24) is 19.8 Å². The van der Waals surface area contributed by atoms with Crippen LogP contribution in [0.4, 0.5) is 4.39 Å². The summed E-state index contributed by atoms with van der Waals surface area (Å²) in [5.41, 5.74) is 1.59. The highest BCUT2D eigenvalue weighted by Gasteiger charge is 2.30. The molecule has 7 nitrogen and oxygen atoms in total. The molecule has 3 heterocycles. The van der Waals surface area contributed by atoms with Crippen LogP contribution in [0.25, 0.3) is 0 Å². The largest absolute Gasteiger partial charge is 0.378 e. The standard InChI is InChI=1S/C20H23FN4O3/c21-15-6-2-1-5-14(15)13-22-19(26)18-23-17(16-7-3-4-8-25(16)18)20(27)24-9-11-28-12-10-24/h1-2,5-6H,3-4,7-13H2,(H,22,26). The molecule has 2 aliphatic rings. The number of fused-ring (bicyclic) bond motifs is 1. The molecule has 1 saturated heterocycles. The Labute approximate surface area is 162 Å². The third-order valence-corrected chi connectivity index (χ3v) is 5.22. The van der Waals surface area contributed by atoms with Crippen molar-refractivity contribution in [3.05, 3.63) is 52.9 Å². The van der Waals surface area contributed by atoms with E-state index >= 15 is 0 Å². The molecule has 8 heteroatoms. The molecule has 28 heavy (non-hydrogen) atoms. The molecule has 0 radical (unpaired) electrons. The van der Waals surface area contributed by atoms with Crippen molar-refractivity contribution in [2.45, 2.75) is 32.4 Å². The van der Waals surface area contributed by atoms with Crippen molar-refractivity contribution < 1.29 is 18.7 Å². The van der Waals surface area contributed by atoms with Gasteiger partial charge in [0, 0.05) is 31.7 Å². The lowest BCUT2D eigenvalue weighted by Gasteiger charge is -2.26. The summed E-state index contributed by atoms with van der Waals surface area (Å²) in [6.07, 6.45) is 2.62. The van der Waals surface area contributed by atoms with Crippen molar-refractivity contribution >= 4 is 11.8 Å². The van der Waals surface area contributed by atoms with Crippen molar-refractivity contribution in [3.8, 4) is 0 Å². The van der Waals surface area contributed by atoms with Gasteiger partial charge < -0.3 is 19.5 Å². The molecule has 1 fully saturated rings. The van der Waals surface area contributed by atoms with E-state index in [1.165, 1.54) is 6.07 Å². The van der Waals surface area contributed by atoms with E-state index in [4.69, 9.17) is 4.74 Å². The zero-order chi connectivity index (χ0) is 19.5. The fourth-order valence-electron chi connectivity index (χ4n) is 3.70. The van der Waals surface area contributed by atoms with Gasteiger partial charge in [-0.25, -0.2) is 9.37 Å². The van der Waals surface area contributed by atoms with E-state index < -0.39 is 5.91 Å². The van der Waals surface area contributed by atoms with E-state index in [-0.39, 0.29) is 24.1 Å². The number of benzene rings is 1. The topological polar surface area (TPSA) is 76.5 Å². The molecule has 2 amide bonds. The first-order valence-electron chi connectivity index (χ1n) is 9.63. The van der Waals surface area contributed by atoms with E-state index in [0.717, 1.165) is 25.0 Å².